The summed E-state index contributed by atoms with van der Waals surface area (Å²) in [5.41, 5.74) is 3.17. The molecule has 122 valence electrons. The molecule has 0 atom stereocenters. The van der Waals surface area contributed by atoms with E-state index in [0.29, 0.717) is 0 Å². The monoisotopic (exact) mass is 307 g/mol. The Morgan fingerprint density at radius 1 is 0.783 bits per heavy atom. The maximum Gasteiger partial charge on any atom is 0.0227 e. The molecule has 0 aliphatic carbocycles. The quantitative estimate of drug-likeness (QED) is 0.658. The first-order chi connectivity index (χ1) is 11.3. The minimum atomic E-state index is 0.198. The summed E-state index contributed by atoms with van der Waals surface area (Å²) in [7, 11) is 0. The maximum atomic E-state index is 2.67. The van der Waals surface area contributed by atoms with Crippen LogP contribution in [0.1, 0.15) is 50.2 Å². The smallest absolute Gasteiger partial charge is 0.0227 e. The summed E-state index contributed by atoms with van der Waals surface area (Å²) in [4.78, 5) is 2.67. The Balaban J connectivity index is 1.80. The molecule has 0 aromatic heterocycles. The molecule has 1 aliphatic rings. The fraction of sp³-hybridized carbons (Fsp3) is 0.455. The van der Waals surface area contributed by atoms with Crippen LogP contribution in [0.4, 0.5) is 0 Å². The van der Waals surface area contributed by atoms with Crippen LogP contribution in [0, 0.1) is 0 Å². The second-order valence-electron chi connectivity index (χ2n) is 6.86. The topological polar surface area (TPSA) is 3.24 Å². The summed E-state index contributed by atoms with van der Waals surface area (Å²) in [6, 6.07) is 22.3. The Labute approximate surface area is 141 Å². The summed E-state index contributed by atoms with van der Waals surface area (Å²) >= 11 is 0. The minimum Gasteiger partial charge on any atom is -0.303 e. The largest absolute Gasteiger partial charge is 0.303 e. The summed E-state index contributed by atoms with van der Waals surface area (Å²) in [5.74, 6) is 0. The summed E-state index contributed by atoms with van der Waals surface area (Å²) in [6.07, 6.45) is 6.48. The Bertz CT molecular complexity index is 526. The van der Waals surface area contributed by atoms with Crippen LogP contribution in [0.15, 0.2) is 60.7 Å². The third-order valence-electron chi connectivity index (χ3n) is 5.44. The highest BCUT2D eigenvalue weighted by molar-refractivity contribution is 5.40. The molecule has 3 rings (SSSR count). The van der Waals surface area contributed by atoms with Gasteiger partial charge in [0.25, 0.3) is 0 Å². The van der Waals surface area contributed by atoms with Gasteiger partial charge in [-0.3, -0.25) is 0 Å². The summed E-state index contributed by atoms with van der Waals surface area (Å²) < 4.78 is 0. The Kier molecular flexibility index (Phi) is 5.51. The zero-order chi connectivity index (χ0) is 16.0. The highest BCUT2D eigenvalue weighted by Crippen LogP contribution is 2.41. The van der Waals surface area contributed by atoms with Gasteiger partial charge in [0.15, 0.2) is 0 Å². The number of unbranched alkanes of at least 4 members (excludes halogenated alkanes) is 2. The molecule has 1 fully saturated rings. The van der Waals surface area contributed by atoms with Gasteiger partial charge in [-0.15, -0.1) is 0 Å². The van der Waals surface area contributed by atoms with E-state index in [1.54, 1.807) is 0 Å². The van der Waals surface area contributed by atoms with Gasteiger partial charge in [-0.1, -0.05) is 80.4 Å². The van der Waals surface area contributed by atoms with E-state index < -0.39 is 0 Å². The Hall–Kier alpha value is -1.60. The van der Waals surface area contributed by atoms with Gasteiger partial charge < -0.3 is 4.90 Å². The standard InChI is InChI=1S/C22H29N/c1-2-3-10-17-23-18-15-22(16-19-23,20-11-6-4-7-12-20)21-13-8-5-9-14-21/h4-9,11-14H,2-3,10,15-19H2,1H3. The predicted molar refractivity (Wildman–Crippen MR) is 98.9 cm³/mol. The van der Waals surface area contributed by atoms with Crippen molar-refractivity contribution in [1.82, 2.24) is 4.90 Å². The lowest BCUT2D eigenvalue weighted by Crippen LogP contribution is -2.43. The Morgan fingerprint density at radius 3 is 1.78 bits per heavy atom. The van der Waals surface area contributed by atoms with Crippen molar-refractivity contribution in [2.75, 3.05) is 19.6 Å². The van der Waals surface area contributed by atoms with E-state index in [4.69, 9.17) is 0 Å². The van der Waals surface area contributed by atoms with Crippen LogP contribution in [-0.2, 0) is 5.41 Å². The van der Waals surface area contributed by atoms with Gasteiger partial charge in [-0.25, -0.2) is 0 Å². The van der Waals surface area contributed by atoms with Crippen LogP contribution in [0.5, 0.6) is 0 Å². The van der Waals surface area contributed by atoms with Crippen molar-refractivity contribution in [3.05, 3.63) is 71.8 Å². The van der Waals surface area contributed by atoms with E-state index >= 15 is 0 Å². The maximum absolute atomic E-state index is 2.67. The molecule has 1 heteroatoms. The number of hydrogen-bond acceptors (Lipinski definition) is 1. The highest BCUT2D eigenvalue weighted by atomic mass is 15.1. The van der Waals surface area contributed by atoms with Crippen LogP contribution in [0.2, 0.25) is 0 Å². The van der Waals surface area contributed by atoms with Gasteiger partial charge in [0.05, 0.1) is 0 Å². The number of nitrogens with zero attached hydrogens (tertiary/aromatic N) is 1. The van der Waals surface area contributed by atoms with Gasteiger partial charge in [-0.05, 0) is 50.0 Å². The average molecular weight is 307 g/mol. The van der Waals surface area contributed by atoms with Crippen molar-refractivity contribution in [2.45, 2.75) is 44.4 Å². The van der Waals surface area contributed by atoms with Crippen LogP contribution < -0.4 is 0 Å². The van der Waals surface area contributed by atoms with Crippen LogP contribution in [0.3, 0.4) is 0 Å². The van der Waals surface area contributed by atoms with Crippen molar-refractivity contribution in [1.29, 1.82) is 0 Å². The molecule has 0 amide bonds. The number of piperidine rings is 1. The van der Waals surface area contributed by atoms with Crippen molar-refractivity contribution in [2.24, 2.45) is 0 Å². The van der Waals surface area contributed by atoms with E-state index in [1.165, 1.54) is 62.9 Å². The second-order valence-corrected chi connectivity index (χ2v) is 6.86. The lowest BCUT2D eigenvalue weighted by Gasteiger charge is -2.43. The highest BCUT2D eigenvalue weighted by Gasteiger charge is 2.37. The van der Waals surface area contributed by atoms with E-state index in [2.05, 4.69) is 72.5 Å². The SMILES string of the molecule is CCCCCN1CCC(c2ccccc2)(c2ccccc2)CC1. The molecular weight excluding hydrogens is 278 g/mol. The van der Waals surface area contributed by atoms with E-state index in [0.717, 1.165) is 0 Å². The van der Waals surface area contributed by atoms with E-state index in [1.807, 2.05) is 0 Å². The van der Waals surface area contributed by atoms with Crippen molar-refractivity contribution in [3.63, 3.8) is 0 Å². The molecule has 0 spiro atoms. The first kappa shape index (κ1) is 16.3. The van der Waals surface area contributed by atoms with Gasteiger partial charge in [0.1, 0.15) is 0 Å². The second kappa shape index (κ2) is 7.79. The van der Waals surface area contributed by atoms with E-state index in [9.17, 15) is 0 Å². The van der Waals surface area contributed by atoms with Gasteiger partial charge in [0, 0.05) is 5.41 Å². The zero-order valence-corrected chi connectivity index (χ0v) is 14.4. The van der Waals surface area contributed by atoms with Gasteiger partial charge >= 0.3 is 0 Å². The molecule has 1 aliphatic heterocycles. The number of likely N-dealkylation sites (tertiary alicyclic amines) is 1. The molecule has 1 heterocycles. The molecule has 0 N–H and O–H groups in total. The molecule has 0 unspecified atom stereocenters. The molecule has 23 heavy (non-hydrogen) atoms. The first-order valence-electron chi connectivity index (χ1n) is 9.18. The van der Waals surface area contributed by atoms with Crippen LogP contribution >= 0.6 is 0 Å². The number of benzene rings is 2. The predicted octanol–water partition coefficient (Wildman–Crippen LogP) is 5.26. The number of rotatable bonds is 6. The van der Waals surface area contributed by atoms with Crippen LogP contribution in [0.25, 0.3) is 0 Å². The molecule has 2 aromatic carbocycles. The van der Waals surface area contributed by atoms with Crippen molar-refractivity contribution < 1.29 is 0 Å². The Morgan fingerprint density at radius 2 is 1.30 bits per heavy atom. The fourth-order valence-electron chi connectivity index (χ4n) is 4.00. The lowest BCUT2D eigenvalue weighted by atomic mass is 9.68. The molecule has 1 saturated heterocycles. The third-order valence-corrected chi connectivity index (χ3v) is 5.44. The van der Waals surface area contributed by atoms with Gasteiger partial charge in [0.2, 0.25) is 0 Å². The molecule has 0 radical (unpaired) electrons. The molecular formula is C22H29N. The number of hydrogen-bond donors (Lipinski definition) is 0. The zero-order valence-electron chi connectivity index (χ0n) is 14.4. The first-order valence-corrected chi connectivity index (χ1v) is 9.18. The lowest BCUT2D eigenvalue weighted by molar-refractivity contribution is 0.176. The molecule has 1 nitrogen and oxygen atoms in total. The summed E-state index contributed by atoms with van der Waals surface area (Å²) in [6.45, 7) is 5.99. The molecule has 0 saturated carbocycles. The average Bonchev–Trinajstić information content (AvgIpc) is 2.64. The normalized spacial score (nSPS) is 18.0. The van der Waals surface area contributed by atoms with Crippen molar-refractivity contribution in [3.8, 4) is 0 Å². The van der Waals surface area contributed by atoms with Crippen LogP contribution in [-0.4, -0.2) is 24.5 Å². The summed E-state index contributed by atoms with van der Waals surface area (Å²) in [5, 5.41) is 0. The molecule has 0 bridgehead atoms. The molecule has 2 aromatic rings. The van der Waals surface area contributed by atoms with E-state index in [-0.39, 0.29) is 5.41 Å². The van der Waals surface area contributed by atoms with Gasteiger partial charge in [-0.2, -0.15) is 0 Å². The van der Waals surface area contributed by atoms with Crippen molar-refractivity contribution >= 4 is 0 Å². The minimum absolute atomic E-state index is 0.198. The third kappa shape index (κ3) is 3.67. The fourth-order valence-corrected chi connectivity index (χ4v) is 4.00.